The van der Waals surface area contributed by atoms with Crippen molar-refractivity contribution < 1.29 is 19.0 Å². The third-order valence-corrected chi connectivity index (χ3v) is 6.57. The van der Waals surface area contributed by atoms with E-state index in [4.69, 9.17) is 19.2 Å². The van der Waals surface area contributed by atoms with Crippen molar-refractivity contribution in [1.82, 2.24) is 14.9 Å². The SMILES string of the molecule is CCCN(CCC)C(=O)Oc1c(OC)cc(-c2nc(-c3cccs3)c(-c3ccccc3)[nH]2)cc1OC. The summed E-state index contributed by atoms with van der Waals surface area (Å²) in [5, 5.41) is 2.04. The molecule has 0 aliphatic rings. The maximum atomic E-state index is 12.9. The molecule has 0 unspecified atom stereocenters. The molecular formula is C28H31N3O4S. The molecule has 2 aromatic heterocycles. The Kier molecular flexibility index (Phi) is 8.28. The minimum absolute atomic E-state index is 0.249. The van der Waals surface area contributed by atoms with Gasteiger partial charge in [-0.1, -0.05) is 50.2 Å². The Morgan fingerprint density at radius 2 is 1.61 bits per heavy atom. The highest BCUT2D eigenvalue weighted by Gasteiger charge is 2.23. The number of H-pyrrole nitrogens is 1. The maximum absolute atomic E-state index is 12.9. The lowest BCUT2D eigenvalue weighted by Gasteiger charge is -2.22. The number of imidazole rings is 1. The van der Waals surface area contributed by atoms with Gasteiger partial charge in [0.05, 0.1) is 24.8 Å². The van der Waals surface area contributed by atoms with Gasteiger partial charge in [-0.3, -0.25) is 0 Å². The van der Waals surface area contributed by atoms with Crippen LogP contribution in [0, 0.1) is 0 Å². The normalized spacial score (nSPS) is 10.8. The number of ether oxygens (including phenoxy) is 3. The van der Waals surface area contributed by atoms with Gasteiger partial charge in [0, 0.05) is 24.2 Å². The zero-order valence-electron chi connectivity index (χ0n) is 21.0. The Morgan fingerprint density at radius 3 is 2.17 bits per heavy atom. The van der Waals surface area contributed by atoms with Crippen LogP contribution < -0.4 is 14.2 Å². The molecule has 4 aromatic rings. The summed E-state index contributed by atoms with van der Waals surface area (Å²) in [6, 6.07) is 17.8. The summed E-state index contributed by atoms with van der Waals surface area (Å²) in [4.78, 5) is 24.1. The third-order valence-electron chi connectivity index (χ3n) is 5.69. The molecule has 0 aliphatic heterocycles. The number of aromatic amines is 1. The molecule has 0 atom stereocenters. The van der Waals surface area contributed by atoms with Crippen LogP contribution in [0.1, 0.15) is 26.7 Å². The van der Waals surface area contributed by atoms with Gasteiger partial charge in [0.25, 0.3) is 0 Å². The number of nitrogens with zero attached hydrogens (tertiary/aromatic N) is 2. The molecule has 0 saturated heterocycles. The van der Waals surface area contributed by atoms with Crippen LogP contribution >= 0.6 is 11.3 Å². The van der Waals surface area contributed by atoms with Crippen molar-refractivity contribution in [2.45, 2.75) is 26.7 Å². The van der Waals surface area contributed by atoms with Gasteiger partial charge in [-0.15, -0.1) is 11.3 Å². The van der Waals surface area contributed by atoms with E-state index in [0.29, 0.717) is 30.4 Å². The van der Waals surface area contributed by atoms with Crippen molar-refractivity contribution in [3.63, 3.8) is 0 Å². The maximum Gasteiger partial charge on any atom is 0.415 e. The summed E-state index contributed by atoms with van der Waals surface area (Å²) >= 11 is 1.63. The van der Waals surface area contributed by atoms with E-state index in [0.717, 1.165) is 40.2 Å². The molecule has 2 heterocycles. The standard InChI is InChI=1S/C28H31N3O4S/c1-5-14-31(15-6-2)28(32)35-26-21(33-3)17-20(18-22(26)34-4)27-29-24(19-11-8-7-9-12-19)25(30-27)23-13-10-16-36-23/h7-13,16-18H,5-6,14-15H2,1-4H3,(H,29,30). The van der Waals surface area contributed by atoms with Gasteiger partial charge in [-0.2, -0.15) is 0 Å². The first-order chi connectivity index (χ1) is 17.6. The Morgan fingerprint density at radius 1 is 0.944 bits per heavy atom. The summed E-state index contributed by atoms with van der Waals surface area (Å²) < 4.78 is 17.0. The predicted octanol–water partition coefficient (Wildman–Crippen LogP) is 7.11. The van der Waals surface area contributed by atoms with Gasteiger partial charge in [0.1, 0.15) is 11.5 Å². The molecule has 0 bridgehead atoms. The third kappa shape index (κ3) is 5.39. The average Bonchev–Trinajstić information content (AvgIpc) is 3.59. The number of amides is 1. The van der Waals surface area contributed by atoms with Gasteiger partial charge in [-0.25, -0.2) is 9.78 Å². The van der Waals surface area contributed by atoms with Crippen LogP contribution in [0.3, 0.4) is 0 Å². The minimum Gasteiger partial charge on any atom is -0.493 e. The lowest BCUT2D eigenvalue weighted by Crippen LogP contribution is -2.35. The van der Waals surface area contributed by atoms with E-state index in [1.165, 1.54) is 0 Å². The van der Waals surface area contributed by atoms with Gasteiger partial charge >= 0.3 is 6.09 Å². The number of thiophene rings is 1. The molecule has 36 heavy (non-hydrogen) atoms. The lowest BCUT2D eigenvalue weighted by atomic mass is 10.1. The van der Waals surface area contributed by atoms with Gasteiger partial charge < -0.3 is 24.1 Å². The largest absolute Gasteiger partial charge is 0.493 e. The molecule has 0 fully saturated rings. The zero-order valence-corrected chi connectivity index (χ0v) is 21.9. The fraction of sp³-hybridized carbons (Fsp3) is 0.286. The number of hydrogen-bond acceptors (Lipinski definition) is 6. The molecule has 1 amide bonds. The summed E-state index contributed by atoms with van der Waals surface area (Å²) in [5.41, 5.74) is 3.59. The highest BCUT2D eigenvalue weighted by atomic mass is 32.1. The van der Waals surface area contributed by atoms with Gasteiger partial charge in [-0.05, 0) is 36.4 Å². The van der Waals surface area contributed by atoms with E-state index in [9.17, 15) is 4.79 Å². The predicted molar refractivity (Wildman–Crippen MR) is 144 cm³/mol. The van der Waals surface area contributed by atoms with Crippen LogP contribution in [0.5, 0.6) is 17.2 Å². The Balaban J connectivity index is 1.76. The van der Waals surface area contributed by atoms with Crippen LogP contribution in [0.25, 0.3) is 33.2 Å². The molecule has 0 radical (unpaired) electrons. The second-order valence-electron chi connectivity index (χ2n) is 8.22. The first-order valence-corrected chi connectivity index (χ1v) is 12.9. The van der Waals surface area contributed by atoms with Gasteiger partial charge in [0.2, 0.25) is 5.75 Å². The zero-order chi connectivity index (χ0) is 25.5. The summed E-state index contributed by atoms with van der Waals surface area (Å²) in [5.74, 6) is 1.69. The first kappa shape index (κ1) is 25.3. The summed E-state index contributed by atoms with van der Waals surface area (Å²) in [7, 11) is 3.08. The molecule has 8 heteroatoms. The monoisotopic (exact) mass is 505 g/mol. The molecule has 2 aromatic carbocycles. The van der Waals surface area contributed by atoms with Crippen LogP contribution in [0.15, 0.2) is 60.0 Å². The van der Waals surface area contributed by atoms with Crippen LogP contribution in [-0.2, 0) is 0 Å². The van der Waals surface area contributed by atoms with Crippen LogP contribution in [-0.4, -0.2) is 48.3 Å². The molecule has 0 saturated carbocycles. The number of benzene rings is 2. The first-order valence-electron chi connectivity index (χ1n) is 12.0. The molecule has 1 N–H and O–H groups in total. The van der Waals surface area contributed by atoms with Gasteiger partial charge in [0.15, 0.2) is 11.5 Å². The van der Waals surface area contributed by atoms with Crippen molar-refractivity contribution in [2.24, 2.45) is 0 Å². The smallest absolute Gasteiger partial charge is 0.415 e. The molecule has 7 nitrogen and oxygen atoms in total. The Hall–Kier alpha value is -3.78. The lowest BCUT2D eigenvalue weighted by molar-refractivity contribution is 0.149. The Bertz CT molecular complexity index is 1250. The number of carbonyl (C=O) groups is 1. The summed E-state index contributed by atoms with van der Waals surface area (Å²) in [6.07, 6.45) is 1.27. The number of nitrogens with one attached hydrogen (secondary N) is 1. The fourth-order valence-corrected chi connectivity index (χ4v) is 4.74. The summed E-state index contributed by atoms with van der Waals surface area (Å²) in [6.45, 7) is 5.30. The quantitative estimate of drug-likeness (QED) is 0.248. The molecule has 0 aliphatic carbocycles. The second kappa shape index (κ2) is 11.8. The highest BCUT2D eigenvalue weighted by molar-refractivity contribution is 7.13. The molecule has 4 rings (SSSR count). The average molecular weight is 506 g/mol. The number of hydrogen-bond donors (Lipinski definition) is 1. The van der Waals surface area contributed by atoms with E-state index in [2.05, 4.69) is 23.2 Å². The van der Waals surface area contributed by atoms with Crippen molar-refractivity contribution in [3.05, 3.63) is 60.0 Å². The molecular weight excluding hydrogens is 474 g/mol. The molecule has 188 valence electrons. The second-order valence-corrected chi connectivity index (χ2v) is 9.16. The van der Waals surface area contributed by atoms with Crippen molar-refractivity contribution in [3.8, 4) is 50.5 Å². The number of rotatable bonds is 10. The number of carbonyl (C=O) groups excluding carboxylic acids is 1. The highest BCUT2D eigenvalue weighted by Crippen LogP contribution is 2.43. The number of aromatic nitrogens is 2. The fourth-order valence-electron chi connectivity index (χ4n) is 4.02. The van der Waals surface area contributed by atoms with E-state index in [-0.39, 0.29) is 5.75 Å². The van der Waals surface area contributed by atoms with Crippen LogP contribution in [0.4, 0.5) is 4.79 Å². The van der Waals surface area contributed by atoms with E-state index in [1.807, 2.05) is 43.5 Å². The Labute approximate surface area is 215 Å². The van der Waals surface area contributed by atoms with Crippen molar-refractivity contribution in [2.75, 3.05) is 27.3 Å². The van der Waals surface area contributed by atoms with Crippen molar-refractivity contribution in [1.29, 1.82) is 0 Å². The number of methoxy groups -OCH3 is 2. The van der Waals surface area contributed by atoms with Crippen molar-refractivity contribution >= 4 is 17.4 Å². The molecule has 0 spiro atoms. The minimum atomic E-state index is -0.424. The van der Waals surface area contributed by atoms with E-state index >= 15 is 0 Å². The van der Waals surface area contributed by atoms with E-state index in [1.54, 1.807) is 42.6 Å². The topological polar surface area (TPSA) is 76.7 Å². The van der Waals surface area contributed by atoms with Crippen LogP contribution in [0.2, 0.25) is 0 Å². The van der Waals surface area contributed by atoms with E-state index < -0.39 is 6.09 Å².